The number of hydrogen-bond donors (Lipinski definition) is 1. The second kappa shape index (κ2) is 6.71. The van der Waals surface area contributed by atoms with Gasteiger partial charge in [-0.25, -0.2) is 0 Å². The smallest absolute Gasteiger partial charge is 0.303 e. The van der Waals surface area contributed by atoms with Gasteiger partial charge in [0.25, 0.3) is 0 Å². The minimum Gasteiger partial charge on any atom is -0.481 e. The third-order valence-electron chi connectivity index (χ3n) is 3.37. The van der Waals surface area contributed by atoms with Crippen LogP contribution in [0, 0.1) is 0 Å². The van der Waals surface area contributed by atoms with Gasteiger partial charge in [0.2, 0.25) is 0 Å². The number of aliphatic carboxylic acids is 1. The predicted molar refractivity (Wildman–Crippen MR) is 81.5 cm³/mol. The lowest BCUT2D eigenvalue weighted by molar-refractivity contribution is -0.137. The normalized spacial score (nSPS) is 11.8. The van der Waals surface area contributed by atoms with Crippen LogP contribution in [0.2, 0.25) is 0 Å². The van der Waals surface area contributed by atoms with Gasteiger partial charge in [-0.05, 0) is 29.0 Å². The molecule has 102 valence electrons. The number of benzene rings is 2. The third-order valence-corrected chi connectivity index (χ3v) is 3.37. The highest BCUT2D eigenvalue weighted by Gasteiger charge is 2.17. The van der Waals surface area contributed by atoms with Crippen LogP contribution >= 0.6 is 0 Å². The van der Waals surface area contributed by atoms with E-state index in [1.165, 1.54) is 0 Å². The Kier molecular flexibility index (Phi) is 4.72. The minimum atomic E-state index is -0.778. The van der Waals surface area contributed by atoms with Gasteiger partial charge >= 0.3 is 5.97 Å². The zero-order chi connectivity index (χ0) is 14.4. The maximum atomic E-state index is 11.1. The second-order valence-corrected chi connectivity index (χ2v) is 4.88. The van der Waals surface area contributed by atoms with Crippen LogP contribution in [0.1, 0.15) is 29.9 Å². The van der Waals surface area contributed by atoms with E-state index in [4.69, 9.17) is 5.11 Å². The Bertz CT molecular complexity index is 573. The van der Waals surface area contributed by atoms with Crippen molar-refractivity contribution >= 4 is 11.5 Å². The molecule has 0 fully saturated rings. The van der Waals surface area contributed by atoms with E-state index in [9.17, 15) is 4.79 Å². The lowest BCUT2D eigenvalue weighted by Crippen LogP contribution is -2.07. The summed E-state index contributed by atoms with van der Waals surface area (Å²) < 4.78 is 0. The summed E-state index contributed by atoms with van der Waals surface area (Å²) in [5, 5.41) is 9.10. The van der Waals surface area contributed by atoms with E-state index in [1.54, 1.807) is 0 Å². The van der Waals surface area contributed by atoms with Crippen molar-refractivity contribution < 1.29 is 9.90 Å². The lowest BCUT2D eigenvalue weighted by Gasteiger charge is -2.17. The van der Waals surface area contributed by atoms with Gasteiger partial charge in [-0.3, -0.25) is 4.79 Å². The van der Waals surface area contributed by atoms with Crippen LogP contribution in [-0.4, -0.2) is 11.1 Å². The SMILES string of the molecule is C=C(C[C@@H](CC(=O)O)c1ccccc1)c1ccccc1. The van der Waals surface area contributed by atoms with Crippen molar-refractivity contribution in [2.24, 2.45) is 0 Å². The zero-order valence-corrected chi connectivity index (χ0v) is 11.3. The van der Waals surface area contributed by atoms with Crippen LogP contribution in [0.25, 0.3) is 5.57 Å². The Morgan fingerprint density at radius 2 is 1.50 bits per heavy atom. The van der Waals surface area contributed by atoms with Gasteiger partial charge in [-0.15, -0.1) is 0 Å². The molecule has 0 amide bonds. The quantitative estimate of drug-likeness (QED) is 0.844. The molecule has 0 unspecified atom stereocenters. The van der Waals surface area contributed by atoms with E-state index in [1.807, 2.05) is 60.7 Å². The molecule has 2 aromatic rings. The molecular formula is C18H18O2. The maximum Gasteiger partial charge on any atom is 0.303 e. The summed E-state index contributed by atoms with van der Waals surface area (Å²) in [4.78, 5) is 11.1. The number of hydrogen-bond acceptors (Lipinski definition) is 1. The molecule has 1 N–H and O–H groups in total. The Labute approximate surface area is 119 Å². The van der Waals surface area contributed by atoms with E-state index in [0.29, 0.717) is 6.42 Å². The van der Waals surface area contributed by atoms with Crippen molar-refractivity contribution in [2.75, 3.05) is 0 Å². The summed E-state index contributed by atoms with van der Waals surface area (Å²) in [6, 6.07) is 19.7. The van der Waals surface area contributed by atoms with Crippen molar-refractivity contribution in [3.8, 4) is 0 Å². The summed E-state index contributed by atoms with van der Waals surface area (Å²) in [5.74, 6) is -0.818. The molecule has 0 saturated carbocycles. The summed E-state index contributed by atoms with van der Waals surface area (Å²) in [5.41, 5.74) is 3.09. The van der Waals surface area contributed by atoms with Crippen LogP contribution in [0.3, 0.4) is 0 Å². The van der Waals surface area contributed by atoms with Gasteiger partial charge in [-0.1, -0.05) is 67.2 Å². The van der Waals surface area contributed by atoms with Gasteiger partial charge in [0.05, 0.1) is 6.42 Å². The molecular weight excluding hydrogens is 248 g/mol. The van der Waals surface area contributed by atoms with E-state index < -0.39 is 5.97 Å². The fourth-order valence-corrected chi connectivity index (χ4v) is 2.33. The van der Waals surface area contributed by atoms with Crippen LogP contribution < -0.4 is 0 Å². The number of carboxylic acids is 1. The highest BCUT2D eigenvalue weighted by molar-refractivity contribution is 5.70. The predicted octanol–water partition coefficient (Wildman–Crippen LogP) is 4.35. The zero-order valence-electron chi connectivity index (χ0n) is 11.3. The van der Waals surface area contributed by atoms with Crippen molar-refractivity contribution in [1.29, 1.82) is 0 Å². The Morgan fingerprint density at radius 3 is 2.05 bits per heavy atom. The number of carboxylic acid groups (broad SMARTS) is 1. The number of carbonyl (C=O) groups is 1. The fourth-order valence-electron chi connectivity index (χ4n) is 2.33. The summed E-state index contributed by atoms with van der Waals surface area (Å²) in [7, 11) is 0. The van der Waals surface area contributed by atoms with Crippen LogP contribution in [0.5, 0.6) is 0 Å². The van der Waals surface area contributed by atoms with Crippen molar-refractivity contribution in [3.05, 3.63) is 78.4 Å². The molecule has 2 heteroatoms. The largest absolute Gasteiger partial charge is 0.481 e. The lowest BCUT2D eigenvalue weighted by atomic mass is 9.87. The average molecular weight is 266 g/mol. The Morgan fingerprint density at radius 1 is 0.950 bits per heavy atom. The van der Waals surface area contributed by atoms with Crippen LogP contribution in [0.15, 0.2) is 67.2 Å². The molecule has 2 nitrogen and oxygen atoms in total. The summed E-state index contributed by atoms with van der Waals surface area (Å²) in [6.07, 6.45) is 0.774. The monoisotopic (exact) mass is 266 g/mol. The topological polar surface area (TPSA) is 37.3 Å². The number of allylic oxidation sites excluding steroid dienone is 1. The molecule has 1 atom stereocenters. The Balaban J connectivity index is 2.16. The standard InChI is InChI=1S/C18H18O2/c1-14(15-8-4-2-5-9-15)12-17(13-18(19)20)16-10-6-3-7-11-16/h2-11,17H,1,12-13H2,(H,19,20)/t17-/m0/s1. The first-order valence-corrected chi connectivity index (χ1v) is 6.66. The summed E-state index contributed by atoms with van der Waals surface area (Å²) in [6.45, 7) is 4.10. The van der Waals surface area contributed by atoms with Gasteiger partial charge in [0, 0.05) is 0 Å². The highest BCUT2D eigenvalue weighted by Crippen LogP contribution is 2.30. The highest BCUT2D eigenvalue weighted by atomic mass is 16.4. The van der Waals surface area contributed by atoms with Crippen molar-refractivity contribution in [1.82, 2.24) is 0 Å². The second-order valence-electron chi connectivity index (χ2n) is 4.88. The first-order chi connectivity index (χ1) is 9.66. The molecule has 0 heterocycles. The molecule has 0 aliphatic heterocycles. The molecule has 0 aliphatic carbocycles. The summed E-state index contributed by atoms with van der Waals surface area (Å²) >= 11 is 0. The first kappa shape index (κ1) is 14.1. The molecule has 2 aromatic carbocycles. The van der Waals surface area contributed by atoms with E-state index in [2.05, 4.69) is 6.58 Å². The average Bonchev–Trinajstić information content (AvgIpc) is 2.48. The van der Waals surface area contributed by atoms with E-state index in [0.717, 1.165) is 16.7 Å². The Hall–Kier alpha value is -2.35. The maximum absolute atomic E-state index is 11.1. The van der Waals surface area contributed by atoms with Crippen molar-refractivity contribution in [2.45, 2.75) is 18.8 Å². The first-order valence-electron chi connectivity index (χ1n) is 6.66. The van der Waals surface area contributed by atoms with Crippen LogP contribution in [0.4, 0.5) is 0 Å². The third kappa shape index (κ3) is 3.82. The van der Waals surface area contributed by atoms with Gasteiger partial charge in [0.15, 0.2) is 0 Å². The molecule has 0 spiro atoms. The fraction of sp³-hybridized carbons (Fsp3) is 0.167. The van der Waals surface area contributed by atoms with Gasteiger partial charge in [-0.2, -0.15) is 0 Å². The molecule has 2 rings (SSSR count). The molecule has 0 aliphatic rings. The van der Waals surface area contributed by atoms with Crippen LogP contribution in [-0.2, 0) is 4.79 Å². The minimum absolute atomic E-state index is 0.0404. The van der Waals surface area contributed by atoms with Gasteiger partial charge in [0.1, 0.15) is 0 Å². The van der Waals surface area contributed by atoms with Gasteiger partial charge < -0.3 is 5.11 Å². The molecule has 0 radical (unpaired) electrons. The van der Waals surface area contributed by atoms with E-state index >= 15 is 0 Å². The van der Waals surface area contributed by atoms with Crippen molar-refractivity contribution in [3.63, 3.8) is 0 Å². The molecule has 20 heavy (non-hydrogen) atoms. The molecule has 0 saturated heterocycles. The van der Waals surface area contributed by atoms with E-state index in [-0.39, 0.29) is 12.3 Å². The molecule has 0 aromatic heterocycles. The number of rotatable bonds is 6. The molecule has 0 bridgehead atoms.